The maximum Gasteiger partial charge on any atom is 0.252 e. The van der Waals surface area contributed by atoms with Crippen molar-refractivity contribution < 1.29 is 13.2 Å². The number of likely N-dealkylation sites (tertiary alicyclic amines) is 1. The molecule has 2 heterocycles. The fourth-order valence-electron chi connectivity index (χ4n) is 2.84. The van der Waals surface area contributed by atoms with E-state index in [0.29, 0.717) is 17.2 Å². The normalized spacial score (nSPS) is 23.4. The van der Waals surface area contributed by atoms with Gasteiger partial charge in [-0.3, -0.25) is 9.69 Å². The second kappa shape index (κ2) is 5.35. The van der Waals surface area contributed by atoms with Crippen LogP contribution in [-0.2, 0) is 10.0 Å². The van der Waals surface area contributed by atoms with Crippen molar-refractivity contribution >= 4 is 27.3 Å². The van der Waals surface area contributed by atoms with Crippen LogP contribution in [0.4, 0.5) is 0 Å². The van der Waals surface area contributed by atoms with Crippen LogP contribution in [0, 0.1) is 6.92 Å². The zero-order chi connectivity index (χ0) is 15.2. The molecule has 1 aromatic rings. The zero-order valence-corrected chi connectivity index (χ0v) is 13.5. The van der Waals surface area contributed by atoms with Gasteiger partial charge in [0.1, 0.15) is 4.21 Å². The Hall–Kier alpha value is -0.960. The minimum absolute atomic E-state index is 0.0682. The maximum absolute atomic E-state index is 12.3. The Morgan fingerprint density at radius 1 is 1.43 bits per heavy atom. The first-order chi connectivity index (χ1) is 9.86. The van der Waals surface area contributed by atoms with E-state index in [9.17, 15) is 13.2 Å². The third-order valence-corrected chi connectivity index (χ3v) is 6.80. The highest BCUT2D eigenvalue weighted by Crippen LogP contribution is 2.30. The summed E-state index contributed by atoms with van der Waals surface area (Å²) in [5.41, 5.74) is 0.853. The van der Waals surface area contributed by atoms with E-state index in [-0.39, 0.29) is 16.2 Å². The first-order valence-electron chi connectivity index (χ1n) is 7.02. The number of rotatable bonds is 4. The van der Waals surface area contributed by atoms with Gasteiger partial charge in [-0.05, 0) is 31.7 Å². The standard InChI is InChI=1S/C13H19N3O3S2/c1-8-11(7-20-13(8)21(14,18)19)12(17)15-9-4-5-16(6-9)10-2-3-10/h7,9-10H,2-6H2,1H3,(H,15,17)(H2,14,18,19). The number of carbonyl (C=O) groups excluding carboxylic acids is 1. The molecule has 1 saturated carbocycles. The third-order valence-electron chi connectivity index (χ3n) is 4.12. The monoisotopic (exact) mass is 329 g/mol. The molecule has 3 N–H and O–H groups in total. The highest BCUT2D eigenvalue weighted by Gasteiger charge is 2.35. The maximum atomic E-state index is 12.3. The van der Waals surface area contributed by atoms with E-state index in [4.69, 9.17) is 5.14 Å². The summed E-state index contributed by atoms with van der Waals surface area (Å²) in [4.78, 5) is 14.7. The second-order valence-electron chi connectivity index (χ2n) is 5.79. The molecule has 116 valence electrons. The highest BCUT2D eigenvalue weighted by molar-refractivity contribution is 7.91. The number of primary sulfonamides is 1. The number of carbonyl (C=O) groups is 1. The van der Waals surface area contributed by atoms with Crippen LogP contribution >= 0.6 is 11.3 Å². The molecule has 1 amide bonds. The van der Waals surface area contributed by atoms with Crippen LogP contribution in [0.25, 0.3) is 0 Å². The average Bonchev–Trinajstić information content (AvgIpc) is 3.00. The molecule has 1 unspecified atom stereocenters. The molecule has 3 rings (SSSR count). The third kappa shape index (κ3) is 3.13. The first kappa shape index (κ1) is 15.0. The van der Waals surface area contributed by atoms with Crippen LogP contribution in [0.2, 0.25) is 0 Å². The van der Waals surface area contributed by atoms with Gasteiger partial charge in [-0.25, -0.2) is 13.6 Å². The molecule has 1 saturated heterocycles. The molecule has 2 fully saturated rings. The van der Waals surface area contributed by atoms with Crippen LogP contribution in [-0.4, -0.2) is 44.4 Å². The van der Waals surface area contributed by atoms with Gasteiger partial charge in [-0.15, -0.1) is 11.3 Å². The van der Waals surface area contributed by atoms with E-state index < -0.39 is 10.0 Å². The van der Waals surface area contributed by atoms with Gasteiger partial charge in [0.2, 0.25) is 10.0 Å². The van der Waals surface area contributed by atoms with Crippen molar-refractivity contribution in [2.24, 2.45) is 5.14 Å². The Bertz CT molecular complexity index is 664. The topological polar surface area (TPSA) is 92.5 Å². The lowest BCUT2D eigenvalue weighted by Crippen LogP contribution is -2.37. The summed E-state index contributed by atoms with van der Waals surface area (Å²) < 4.78 is 22.9. The highest BCUT2D eigenvalue weighted by atomic mass is 32.2. The molecule has 0 spiro atoms. The Labute approximate surface area is 128 Å². The van der Waals surface area contributed by atoms with Crippen molar-refractivity contribution in [3.05, 3.63) is 16.5 Å². The molecule has 8 heteroatoms. The van der Waals surface area contributed by atoms with Gasteiger partial charge >= 0.3 is 0 Å². The van der Waals surface area contributed by atoms with Crippen molar-refractivity contribution in [1.29, 1.82) is 0 Å². The predicted molar refractivity (Wildman–Crippen MR) is 80.9 cm³/mol. The van der Waals surface area contributed by atoms with Crippen LogP contribution in [0.3, 0.4) is 0 Å². The number of nitrogens with zero attached hydrogens (tertiary/aromatic N) is 1. The molecule has 0 bridgehead atoms. The molecule has 1 aromatic heterocycles. The summed E-state index contributed by atoms with van der Waals surface area (Å²) in [7, 11) is -3.75. The van der Waals surface area contributed by atoms with E-state index in [1.807, 2.05) is 0 Å². The fourth-order valence-corrected chi connectivity index (χ4v) is 4.86. The van der Waals surface area contributed by atoms with E-state index >= 15 is 0 Å². The number of nitrogens with one attached hydrogen (secondary N) is 1. The minimum atomic E-state index is -3.75. The van der Waals surface area contributed by atoms with Gasteiger partial charge in [0.15, 0.2) is 0 Å². The van der Waals surface area contributed by atoms with Gasteiger partial charge in [-0.1, -0.05) is 0 Å². The van der Waals surface area contributed by atoms with Crippen molar-refractivity contribution in [3.8, 4) is 0 Å². The smallest absolute Gasteiger partial charge is 0.252 e. The average molecular weight is 329 g/mol. The number of thiophene rings is 1. The van der Waals surface area contributed by atoms with E-state index in [1.165, 1.54) is 12.8 Å². The molecule has 0 radical (unpaired) electrons. The van der Waals surface area contributed by atoms with Crippen molar-refractivity contribution in [3.63, 3.8) is 0 Å². The lowest BCUT2D eigenvalue weighted by Gasteiger charge is -2.15. The molecular weight excluding hydrogens is 310 g/mol. The SMILES string of the molecule is Cc1c(C(=O)NC2CCN(C3CC3)C2)csc1S(N)(=O)=O. The summed E-state index contributed by atoms with van der Waals surface area (Å²) in [6.45, 7) is 3.54. The number of hydrogen-bond donors (Lipinski definition) is 2. The van der Waals surface area contributed by atoms with E-state index in [2.05, 4.69) is 10.2 Å². The quantitative estimate of drug-likeness (QED) is 0.849. The zero-order valence-electron chi connectivity index (χ0n) is 11.8. The van der Waals surface area contributed by atoms with Crippen LogP contribution in [0.15, 0.2) is 9.59 Å². The summed E-state index contributed by atoms with van der Waals surface area (Å²) in [5.74, 6) is -0.207. The number of amides is 1. The van der Waals surface area contributed by atoms with Crippen LogP contribution < -0.4 is 10.5 Å². The van der Waals surface area contributed by atoms with Gasteiger partial charge in [0, 0.05) is 30.6 Å². The van der Waals surface area contributed by atoms with Gasteiger partial charge in [-0.2, -0.15) is 0 Å². The molecule has 6 nitrogen and oxygen atoms in total. The van der Waals surface area contributed by atoms with E-state index in [0.717, 1.165) is 30.8 Å². The van der Waals surface area contributed by atoms with Crippen LogP contribution in [0.1, 0.15) is 35.2 Å². The minimum Gasteiger partial charge on any atom is -0.348 e. The number of sulfonamides is 1. The molecule has 1 aliphatic heterocycles. The van der Waals surface area contributed by atoms with Crippen molar-refractivity contribution in [2.75, 3.05) is 13.1 Å². The molecular formula is C13H19N3O3S2. The van der Waals surface area contributed by atoms with E-state index in [1.54, 1.807) is 12.3 Å². The summed E-state index contributed by atoms with van der Waals surface area (Å²) >= 11 is 1.00. The Balaban J connectivity index is 1.67. The lowest BCUT2D eigenvalue weighted by atomic mass is 10.2. The summed E-state index contributed by atoms with van der Waals surface area (Å²) in [5, 5.41) is 9.71. The number of hydrogen-bond acceptors (Lipinski definition) is 5. The summed E-state index contributed by atoms with van der Waals surface area (Å²) in [6, 6.07) is 0.860. The Kier molecular flexibility index (Phi) is 3.81. The fraction of sp³-hybridized carbons (Fsp3) is 0.615. The Morgan fingerprint density at radius 3 is 2.71 bits per heavy atom. The van der Waals surface area contributed by atoms with Crippen molar-refractivity contribution in [2.45, 2.75) is 42.5 Å². The molecule has 21 heavy (non-hydrogen) atoms. The lowest BCUT2D eigenvalue weighted by molar-refractivity contribution is 0.0937. The first-order valence-corrected chi connectivity index (χ1v) is 9.44. The molecule has 0 aromatic carbocycles. The van der Waals surface area contributed by atoms with Gasteiger partial charge in [0.25, 0.3) is 5.91 Å². The Morgan fingerprint density at radius 2 is 2.14 bits per heavy atom. The van der Waals surface area contributed by atoms with Gasteiger partial charge in [0.05, 0.1) is 5.56 Å². The second-order valence-corrected chi connectivity index (χ2v) is 8.43. The largest absolute Gasteiger partial charge is 0.348 e. The molecule has 1 atom stereocenters. The number of nitrogens with two attached hydrogens (primary N) is 1. The van der Waals surface area contributed by atoms with Gasteiger partial charge < -0.3 is 5.32 Å². The molecule has 2 aliphatic rings. The predicted octanol–water partition coefficient (Wildman–Crippen LogP) is 0.670. The van der Waals surface area contributed by atoms with Crippen LogP contribution in [0.5, 0.6) is 0 Å². The van der Waals surface area contributed by atoms with Crippen molar-refractivity contribution in [1.82, 2.24) is 10.2 Å². The summed E-state index contributed by atoms with van der Waals surface area (Å²) in [6.07, 6.45) is 3.48. The molecule has 1 aliphatic carbocycles.